The van der Waals surface area contributed by atoms with Crippen LogP contribution < -0.4 is 5.32 Å². The van der Waals surface area contributed by atoms with Crippen molar-refractivity contribution in [2.45, 2.75) is 11.7 Å². The Morgan fingerprint density at radius 1 is 1.53 bits per heavy atom. The Kier molecular flexibility index (Phi) is 2.44. The molecule has 0 bridgehead atoms. The zero-order valence-electron chi connectivity index (χ0n) is 9.01. The van der Waals surface area contributed by atoms with Gasteiger partial charge in [-0.25, -0.2) is 15.0 Å². The second-order valence-corrected chi connectivity index (χ2v) is 5.03. The molecule has 2 aliphatic rings. The number of thioether (sulfide) groups is 1. The number of hydrogen-bond donors (Lipinski definition) is 1. The summed E-state index contributed by atoms with van der Waals surface area (Å²) in [5.41, 5.74) is 2.60. The van der Waals surface area contributed by atoms with E-state index in [1.54, 1.807) is 18.0 Å². The number of carbonyl (C=O) groups excluding carboxylic acids is 1. The molecule has 0 aromatic carbocycles. The highest BCUT2D eigenvalue weighted by Gasteiger charge is 2.32. The summed E-state index contributed by atoms with van der Waals surface area (Å²) in [6, 6.07) is 0. The number of amides is 1. The van der Waals surface area contributed by atoms with Gasteiger partial charge < -0.3 is 5.32 Å². The van der Waals surface area contributed by atoms with Gasteiger partial charge in [0.15, 0.2) is 5.82 Å². The van der Waals surface area contributed by atoms with Gasteiger partial charge in [0.25, 0.3) is 0 Å². The fraction of sp³-hybridized carbons (Fsp3) is 0.273. The molecule has 17 heavy (non-hydrogen) atoms. The number of aliphatic imine (C=N–C) groups is 1. The Labute approximate surface area is 102 Å². The maximum Gasteiger partial charge on any atom is 0.243 e. The molecular weight excluding hydrogens is 236 g/mol. The van der Waals surface area contributed by atoms with E-state index in [0.29, 0.717) is 12.2 Å². The van der Waals surface area contributed by atoms with Crippen molar-refractivity contribution in [3.63, 3.8) is 0 Å². The lowest BCUT2D eigenvalue weighted by Crippen LogP contribution is -2.42. The van der Waals surface area contributed by atoms with Crippen molar-refractivity contribution < 1.29 is 4.79 Å². The first-order chi connectivity index (χ1) is 8.24. The highest BCUT2D eigenvalue weighted by Crippen LogP contribution is 2.29. The number of carbonyl (C=O) groups is 1. The van der Waals surface area contributed by atoms with E-state index in [9.17, 15) is 4.79 Å². The Hall–Kier alpha value is -1.69. The van der Waals surface area contributed by atoms with E-state index in [0.717, 1.165) is 22.7 Å². The Morgan fingerprint density at radius 2 is 2.41 bits per heavy atom. The monoisotopic (exact) mass is 246 g/mol. The van der Waals surface area contributed by atoms with E-state index in [4.69, 9.17) is 0 Å². The van der Waals surface area contributed by atoms with Crippen LogP contribution in [0, 0.1) is 0 Å². The molecule has 3 rings (SSSR count). The zero-order valence-corrected chi connectivity index (χ0v) is 9.83. The van der Waals surface area contributed by atoms with Gasteiger partial charge in [0.2, 0.25) is 5.91 Å². The summed E-state index contributed by atoms with van der Waals surface area (Å²) in [5, 5.41) is 2.53. The van der Waals surface area contributed by atoms with Crippen LogP contribution in [0.3, 0.4) is 0 Å². The highest BCUT2D eigenvalue weighted by molar-refractivity contribution is 8.01. The standard InChI is InChI=1S/C11H10N4OS/c1-6-4-17-9(11(16)14-6)8-2-7-3-12-5-13-10(7)15-8/h3,5,9H,1-2,4H2,(H,14,16). The summed E-state index contributed by atoms with van der Waals surface area (Å²) >= 11 is 1.56. The molecule has 1 N–H and O–H groups in total. The lowest BCUT2D eigenvalue weighted by molar-refractivity contribution is -0.118. The summed E-state index contributed by atoms with van der Waals surface area (Å²) in [4.78, 5) is 24.3. The van der Waals surface area contributed by atoms with E-state index in [2.05, 4.69) is 26.9 Å². The molecule has 1 fully saturated rings. The quantitative estimate of drug-likeness (QED) is 0.797. The van der Waals surface area contributed by atoms with E-state index >= 15 is 0 Å². The Bertz CT molecular complexity index is 540. The Morgan fingerprint density at radius 3 is 3.18 bits per heavy atom. The lowest BCUT2D eigenvalue weighted by Gasteiger charge is -2.22. The van der Waals surface area contributed by atoms with E-state index < -0.39 is 0 Å². The highest BCUT2D eigenvalue weighted by atomic mass is 32.2. The van der Waals surface area contributed by atoms with Crippen molar-refractivity contribution in [2.24, 2.45) is 4.99 Å². The summed E-state index contributed by atoms with van der Waals surface area (Å²) < 4.78 is 0. The molecule has 0 spiro atoms. The minimum atomic E-state index is -0.227. The molecule has 2 aliphatic heterocycles. The summed E-state index contributed by atoms with van der Waals surface area (Å²) in [6.07, 6.45) is 3.89. The van der Waals surface area contributed by atoms with Crippen molar-refractivity contribution in [1.82, 2.24) is 15.3 Å². The van der Waals surface area contributed by atoms with Crippen molar-refractivity contribution >= 4 is 29.2 Å². The van der Waals surface area contributed by atoms with Crippen molar-refractivity contribution in [3.05, 3.63) is 30.4 Å². The van der Waals surface area contributed by atoms with Gasteiger partial charge in [-0.2, -0.15) is 0 Å². The van der Waals surface area contributed by atoms with Gasteiger partial charge in [-0.1, -0.05) is 6.58 Å². The maximum absolute atomic E-state index is 11.8. The molecular formula is C11H10N4OS. The third-order valence-electron chi connectivity index (χ3n) is 2.65. The summed E-state index contributed by atoms with van der Waals surface area (Å²) in [6.45, 7) is 3.75. The molecule has 3 heterocycles. The van der Waals surface area contributed by atoms with Gasteiger partial charge in [-0.15, -0.1) is 11.8 Å². The molecule has 0 saturated carbocycles. The van der Waals surface area contributed by atoms with Crippen LogP contribution in [0.15, 0.2) is 29.8 Å². The average molecular weight is 246 g/mol. The molecule has 1 aromatic rings. The maximum atomic E-state index is 11.8. The van der Waals surface area contributed by atoms with Crippen LogP contribution in [0.1, 0.15) is 5.56 Å². The van der Waals surface area contributed by atoms with Gasteiger partial charge in [-0.3, -0.25) is 4.79 Å². The Balaban J connectivity index is 1.84. The number of rotatable bonds is 1. The number of fused-ring (bicyclic) bond motifs is 1. The van der Waals surface area contributed by atoms with E-state index in [1.807, 2.05) is 0 Å². The number of hydrogen-bond acceptors (Lipinski definition) is 5. The molecule has 1 amide bonds. The molecule has 0 aliphatic carbocycles. The van der Waals surface area contributed by atoms with Gasteiger partial charge in [0.05, 0.1) is 0 Å². The normalized spacial score (nSPS) is 23.1. The molecule has 1 atom stereocenters. The van der Waals surface area contributed by atoms with E-state index in [-0.39, 0.29) is 11.2 Å². The molecule has 1 unspecified atom stereocenters. The predicted octanol–water partition coefficient (Wildman–Crippen LogP) is 0.850. The molecule has 1 saturated heterocycles. The number of nitrogens with one attached hydrogen (secondary N) is 1. The van der Waals surface area contributed by atoms with Crippen LogP contribution in [0.25, 0.3) is 0 Å². The van der Waals surface area contributed by atoms with Crippen molar-refractivity contribution in [2.75, 3.05) is 5.75 Å². The molecule has 5 nitrogen and oxygen atoms in total. The van der Waals surface area contributed by atoms with Gasteiger partial charge >= 0.3 is 0 Å². The molecule has 86 valence electrons. The van der Waals surface area contributed by atoms with Gasteiger partial charge in [0.1, 0.15) is 11.6 Å². The third-order valence-corrected chi connectivity index (χ3v) is 3.98. The molecule has 6 heteroatoms. The zero-order chi connectivity index (χ0) is 11.8. The predicted molar refractivity (Wildman–Crippen MR) is 66.4 cm³/mol. The van der Waals surface area contributed by atoms with Crippen LogP contribution in [0.5, 0.6) is 0 Å². The van der Waals surface area contributed by atoms with Gasteiger partial charge in [-0.05, 0) is 0 Å². The lowest BCUT2D eigenvalue weighted by atomic mass is 10.1. The van der Waals surface area contributed by atoms with Crippen LogP contribution >= 0.6 is 11.8 Å². The topological polar surface area (TPSA) is 67.2 Å². The third kappa shape index (κ3) is 1.84. The second kappa shape index (κ2) is 3.96. The smallest absolute Gasteiger partial charge is 0.243 e. The number of nitrogens with zero attached hydrogens (tertiary/aromatic N) is 3. The van der Waals surface area contributed by atoms with Crippen LogP contribution in [0.4, 0.5) is 5.82 Å². The number of aromatic nitrogens is 2. The summed E-state index contributed by atoms with van der Waals surface area (Å²) in [7, 11) is 0. The van der Waals surface area contributed by atoms with Crippen LogP contribution in [-0.2, 0) is 11.2 Å². The second-order valence-electron chi connectivity index (χ2n) is 3.94. The molecule has 0 radical (unpaired) electrons. The first kappa shape index (κ1) is 10.5. The fourth-order valence-electron chi connectivity index (χ4n) is 1.88. The minimum Gasteiger partial charge on any atom is -0.328 e. The first-order valence-electron chi connectivity index (χ1n) is 5.20. The van der Waals surface area contributed by atoms with Crippen molar-refractivity contribution in [1.29, 1.82) is 0 Å². The van der Waals surface area contributed by atoms with E-state index in [1.165, 1.54) is 6.33 Å². The van der Waals surface area contributed by atoms with Crippen LogP contribution in [-0.4, -0.2) is 32.6 Å². The van der Waals surface area contributed by atoms with Crippen molar-refractivity contribution in [3.8, 4) is 0 Å². The SMILES string of the molecule is C=C1CSC(C2=Nc3ncncc3C2)C(=O)N1. The largest absolute Gasteiger partial charge is 0.328 e. The average Bonchev–Trinajstić information content (AvgIpc) is 2.72. The summed E-state index contributed by atoms with van der Waals surface area (Å²) in [5.74, 6) is 1.39. The minimum absolute atomic E-state index is 0.0363. The first-order valence-corrected chi connectivity index (χ1v) is 6.25. The fourth-order valence-corrected chi connectivity index (χ4v) is 2.86. The van der Waals surface area contributed by atoms with Crippen LogP contribution in [0.2, 0.25) is 0 Å². The van der Waals surface area contributed by atoms with Gasteiger partial charge in [0, 0.05) is 35.3 Å². The molecule has 1 aromatic heterocycles.